The van der Waals surface area contributed by atoms with Crippen LogP contribution < -0.4 is 5.32 Å². The summed E-state index contributed by atoms with van der Waals surface area (Å²) in [5.41, 5.74) is 2.49. The van der Waals surface area contributed by atoms with E-state index in [4.69, 9.17) is 11.6 Å². The summed E-state index contributed by atoms with van der Waals surface area (Å²) in [6, 6.07) is 7.49. The van der Waals surface area contributed by atoms with Crippen LogP contribution in [0.5, 0.6) is 0 Å². The standard InChI is InChI=1S/C14H19ClN2/c1-10-9-11(15)4-5-12(10)16-13-6-8-17-7-2-3-14(13)17/h4-5,9,13-14,16H,2-3,6-8H2,1H3. The van der Waals surface area contributed by atoms with Crippen LogP contribution in [0.15, 0.2) is 18.2 Å². The van der Waals surface area contributed by atoms with Gasteiger partial charge in [0.05, 0.1) is 0 Å². The Labute approximate surface area is 108 Å². The van der Waals surface area contributed by atoms with Gasteiger partial charge in [-0.15, -0.1) is 0 Å². The molecule has 2 nitrogen and oxygen atoms in total. The number of anilines is 1. The van der Waals surface area contributed by atoms with Crippen molar-refractivity contribution >= 4 is 17.3 Å². The summed E-state index contributed by atoms with van der Waals surface area (Å²) < 4.78 is 0. The number of benzene rings is 1. The molecular weight excluding hydrogens is 232 g/mol. The molecule has 3 rings (SSSR count). The third kappa shape index (κ3) is 2.16. The Hall–Kier alpha value is -0.730. The first-order valence-electron chi connectivity index (χ1n) is 6.51. The van der Waals surface area contributed by atoms with E-state index < -0.39 is 0 Å². The van der Waals surface area contributed by atoms with Crippen molar-refractivity contribution in [3.8, 4) is 0 Å². The van der Waals surface area contributed by atoms with Crippen molar-refractivity contribution in [3.63, 3.8) is 0 Å². The number of nitrogens with one attached hydrogen (secondary N) is 1. The van der Waals surface area contributed by atoms with E-state index in [0.29, 0.717) is 6.04 Å². The molecule has 0 radical (unpaired) electrons. The van der Waals surface area contributed by atoms with Gasteiger partial charge in [-0.25, -0.2) is 0 Å². The highest BCUT2D eigenvalue weighted by molar-refractivity contribution is 6.30. The Kier molecular flexibility index (Phi) is 3.01. The lowest BCUT2D eigenvalue weighted by Crippen LogP contribution is -2.33. The Morgan fingerprint density at radius 2 is 2.18 bits per heavy atom. The lowest BCUT2D eigenvalue weighted by atomic mass is 10.1. The van der Waals surface area contributed by atoms with Crippen LogP contribution in [0.25, 0.3) is 0 Å². The molecule has 0 saturated carbocycles. The molecule has 0 spiro atoms. The summed E-state index contributed by atoms with van der Waals surface area (Å²) in [6.45, 7) is 4.67. The van der Waals surface area contributed by atoms with Crippen LogP contribution in [0.3, 0.4) is 0 Å². The molecule has 0 aliphatic carbocycles. The van der Waals surface area contributed by atoms with Crippen LogP contribution in [-0.2, 0) is 0 Å². The van der Waals surface area contributed by atoms with Crippen molar-refractivity contribution < 1.29 is 0 Å². The van der Waals surface area contributed by atoms with Gasteiger partial charge in [0.1, 0.15) is 0 Å². The smallest absolute Gasteiger partial charge is 0.0429 e. The largest absolute Gasteiger partial charge is 0.380 e. The predicted octanol–water partition coefficient (Wildman–Crippen LogP) is 3.30. The number of halogens is 1. The van der Waals surface area contributed by atoms with Gasteiger partial charge in [-0.3, -0.25) is 4.90 Å². The van der Waals surface area contributed by atoms with Crippen molar-refractivity contribution in [2.75, 3.05) is 18.4 Å². The van der Waals surface area contributed by atoms with Crippen molar-refractivity contribution in [1.29, 1.82) is 0 Å². The molecule has 2 fully saturated rings. The molecule has 0 bridgehead atoms. The highest BCUT2D eigenvalue weighted by Gasteiger charge is 2.36. The van der Waals surface area contributed by atoms with Crippen molar-refractivity contribution in [3.05, 3.63) is 28.8 Å². The maximum atomic E-state index is 5.99. The first-order chi connectivity index (χ1) is 8.24. The molecule has 2 heterocycles. The van der Waals surface area contributed by atoms with Crippen molar-refractivity contribution in [1.82, 2.24) is 4.90 Å². The van der Waals surface area contributed by atoms with E-state index in [0.717, 1.165) is 11.1 Å². The molecule has 92 valence electrons. The van der Waals surface area contributed by atoms with Gasteiger partial charge in [-0.2, -0.15) is 0 Å². The average molecular weight is 251 g/mol. The minimum absolute atomic E-state index is 0.623. The zero-order valence-corrected chi connectivity index (χ0v) is 11.0. The number of nitrogens with zero attached hydrogens (tertiary/aromatic N) is 1. The predicted molar refractivity (Wildman–Crippen MR) is 72.8 cm³/mol. The molecule has 17 heavy (non-hydrogen) atoms. The minimum Gasteiger partial charge on any atom is -0.380 e. The molecule has 2 aliphatic rings. The molecular formula is C14H19ClN2. The Balaban J connectivity index is 1.74. The van der Waals surface area contributed by atoms with Gasteiger partial charge in [-0.05, 0) is 56.5 Å². The van der Waals surface area contributed by atoms with Gasteiger partial charge in [0, 0.05) is 29.3 Å². The Morgan fingerprint density at radius 3 is 3.00 bits per heavy atom. The maximum absolute atomic E-state index is 5.99. The summed E-state index contributed by atoms with van der Waals surface area (Å²) in [5.74, 6) is 0. The SMILES string of the molecule is Cc1cc(Cl)ccc1NC1CCN2CCCC12. The molecule has 0 amide bonds. The average Bonchev–Trinajstić information content (AvgIpc) is 2.86. The highest BCUT2D eigenvalue weighted by Crippen LogP contribution is 2.31. The van der Waals surface area contributed by atoms with Crippen molar-refractivity contribution in [2.24, 2.45) is 0 Å². The first kappa shape index (κ1) is 11.4. The topological polar surface area (TPSA) is 15.3 Å². The lowest BCUT2D eigenvalue weighted by molar-refractivity contribution is 0.318. The molecule has 2 aliphatic heterocycles. The van der Waals surface area contributed by atoms with Crippen LogP contribution in [0.2, 0.25) is 5.02 Å². The van der Waals surface area contributed by atoms with Crippen LogP contribution in [0.1, 0.15) is 24.8 Å². The molecule has 2 saturated heterocycles. The van der Waals surface area contributed by atoms with Crippen LogP contribution in [-0.4, -0.2) is 30.1 Å². The fourth-order valence-corrected chi connectivity index (χ4v) is 3.47. The fraction of sp³-hybridized carbons (Fsp3) is 0.571. The normalized spacial score (nSPS) is 28.4. The molecule has 1 aromatic rings. The Morgan fingerprint density at radius 1 is 1.29 bits per heavy atom. The number of rotatable bonds is 2. The van der Waals surface area contributed by atoms with E-state index in [-0.39, 0.29) is 0 Å². The number of aryl methyl sites for hydroxylation is 1. The summed E-state index contributed by atoms with van der Waals surface area (Å²) in [6.07, 6.45) is 3.99. The minimum atomic E-state index is 0.623. The van der Waals surface area contributed by atoms with Crippen LogP contribution in [0, 0.1) is 6.92 Å². The summed E-state index contributed by atoms with van der Waals surface area (Å²) in [7, 11) is 0. The van der Waals surface area contributed by atoms with E-state index in [9.17, 15) is 0 Å². The second-order valence-corrected chi connectivity index (χ2v) is 5.68. The van der Waals surface area contributed by atoms with Gasteiger partial charge in [-0.1, -0.05) is 11.6 Å². The quantitative estimate of drug-likeness (QED) is 0.867. The molecule has 1 aromatic carbocycles. The van der Waals surface area contributed by atoms with E-state index in [1.54, 1.807) is 0 Å². The fourth-order valence-electron chi connectivity index (χ4n) is 3.24. The highest BCUT2D eigenvalue weighted by atomic mass is 35.5. The van der Waals surface area contributed by atoms with E-state index in [1.165, 1.54) is 43.6 Å². The van der Waals surface area contributed by atoms with E-state index in [1.807, 2.05) is 12.1 Å². The van der Waals surface area contributed by atoms with Gasteiger partial charge >= 0.3 is 0 Å². The zero-order chi connectivity index (χ0) is 11.8. The molecule has 3 heteroatoms. The third-order valence-electron chi connectivity index (χ3n) is 4.14. The molecule has 1 N–H and O–H groups in total. The maximum Gasteiger partial charge on any atom is 0.0429 e. The number of hydrogen-bond acceptors (Lipinski definition) is 2. The summed E-state index contributed by atoms with van der Waals surface area (Å²) in [4.78, 5) is 2.63. The Bertz CT molecular complexity index is 419. The molecule has 0 aromatic heterocycles. The number of hydrogen-bond donors (Lipinski definition) is 1. The van der Waals surface area contributed by atoms with Gasteiger partial charge in [0.2, 0.25) is 0 Å². The van der Waals surface area contributed by atoms with Gasteiger partial charge in [0.25, 0.3) is 0 Å². The van der Waals surface area contributed by atoms with Crippen LogP contribution >= 0.6 is 11.6 Å². The second-order valence-electron chi connectivity index (χ2n) is 5.24. The first-order valence-corrected chi connectivity index (χ1v) is 6.88. The number of fused-ring (bicyclic) bond motifs is 1. The lowest BCUT2D eigenvalue weighted by Gasteiger charge is -2.23. The zero-order valence-electron chi connectivity index (χ0n) is 10.2. The monoisotopic (exact) mass is 250 g/mol. The van der Waals surface area contributed by atoms with E-state index >= 15 is 0 Å². The summed E-state index contributed by atoms with van der Waals surface area (Å²) in [5, 5.41) is 4.53. The van der Waals surface area contributed by atoms with Crippen LogP contribution in [0.4, 0.5) is 5.69 Å². The summed E-state index contributed by atoms with van der Waals surface area (Å²) >= 11 is 5.99. The molecule has 2 unspecified atom stereocenters. The van der Waals surface area contributed by atoms with Gasteiger partial charge in [0.15, 0.2) is 0 Å². The van der Waals surface area contributed by atoms with Gasteiger partial charge < -0.3 is 5.32 Å². The third-order valence-corrected chi connectivity index (χ3v) is 4.37. The molecule has 2 atom stereocenters. The van der Waals surface area contributed by atoms with Crippen molar-refractivity contribution in [2.45, 2.75) is 38.3 Å². The van der Waals surface area contributed by atoms with E-state index in [2.05, 4.69) is 23.2 Å². The second kappa shape index (κ2) is 4.51.